The molecule has 0 aliphatic rings. The minimum Gasteiger partial charge on any atom is -0.497 e. The van der Waals surface area contributed by atoms with Gasteiger partial charge in [0.1, 0.15) is 10.8 Å². The van der Waals surface area contributed by atoms with Gasteiger partial charge in [-0.1, -0.05) is 65.9 Å². The standard InChI is InChI=1S/C27H24N4OS/c1-32-25-9-5-8-20(16-25)15-24(14-19-6-3-2-4-7-19)29-27-31-30-26(33-27)22-10-11-23-18-28-13-12-21(23)17-22/h2-13,16-18,24H,14-15H2,1H3,(H,29,31). The molecule has 0 spiro atoms. The molecule has 0 saturated carbocycles. The van der Waals surface area contributed by atoms with E-state index in [1.54, 1.807) is 18.4 Å². The van der Waals surface area contributed by atoms with Gasteiger partial charge in [-0.05, 0) is 53.6 Å². The van der Waals surface area contributed by atoms with Crippen LogP contribution in [0.3, 0.4) is 0 Å². The molecule has 1 N–H and O–H groups in total. The van der Waals surface area contributed by atoms with E-state index >= 15 is 0 Å². The Balaban J connectivity index is 1.38. The SMILES string of the molecule is COc1cccc(CC(Cc2ccccc2)Nc2nnc(-c3ccc4cnccc4c3)s2)c1. The Morgan fingerprint density at radius 1 is 0.848 bits per heavy atom. The lowest BCUT2D eigenvalue weighted by Gasteiger charge is -2.18. The van der Waals surface area contributed by atoms with Gasteiger partial charge in [-0.25, -0.2) is 0 Å². The molecular formula is C27H24N4OS. The number of nitrogens with zero attached hydrogens (tertiary/aromatic N) is 3. The van der Waals surface area contributed by atoms with Crippen molar-refractivity contribution in [1.29, 1.82) is 0 Å². The monoisotopic (exact) mass is 452 g/mol. The molecule has 0 amide bonds. The van der Waals surface area contributed by atoms with E-state index in [2.05, 4.69) is 75.1 Å². The highest BCUT2D eigenvalue weighted by molar-refractivity contribution is 7.18. The predicted molar refractivity (Wildman–Crippen MR) is 135 cm³/mol. The Hall–Kier alpha value is -3.77. The zero-order chi connectivity index (χ0) is 22.5. The van der Waals surface area contributed by atoms with E-state index in [4.69, 9.17) is 4.74 Å². The summed E-state index contributed by atoms with van der Waals surface area (Å²) in [5, 5.41) is 16.5. The largest absolute Gasteiger partial charge is 0.497 e. The summed E-state index contributed by atoms with van der Waals surface area (Å²) in [4.78, 5) is 4.19. The van der Waals surface area contributed by atoms with Crippen LogP contribution in [0.15, 0.2) is 91.3 Å². The molecule has 5 aromatic rings. The first-order valence-electron chi connectivity index (χ1n) is 10.9. The number of pyridine rings is 1. The molecule has 0 bridgehead atoms. The third kappa shape index (κ3) is 5.18. The molecule has 0 radical (unpaired) electrons. The molecule has 0 fully saturated rings. The molecule has 1 unspecified atom stereocenters. The molecule has 3 aromatic carbocycles. The number of rotatable bonds is 8. The summed E-state index contributed by atoms with van der Waals surface area (Å²) in [6, 6.07) is 27.2. The van der Waals surface area contributed by atoms with Crippen molar-refractivity contribution in [2.24, 2.45) is 0 Å². The average molecular weight is 453 g/mol. The van der Waals surface area contributed by atoms with E-state index in [0.717, 1.165) is 45.1 Å². The second-order valence-corrected chi connectivity index (χ2v) is 8.91. The maximum absolute atomic E-state index is 5.41. The highest BCUT2D eigenvalue weighted by Crippen LogP contribution is 2.29. The topological polar surface area (TPSA) is 59.9 Å². The van der Waals surface area contributed by atoms with Gasteiger partial charge >= 0.3 is 0 Å². The van der Waals surface area contributed by atoms with Crippen LogP contribution in [0, 0.1) is 0 Å². The van der Waals surface area contributed by atoms with Crippen LogP contribution in [0.1, 0.15) is 11.1 Å². The Morgan fingerprint density at radius 2 is 1.70 bits per heavy atom. The third-order valence-corrected chi connectivity index (χ3v) is 6.48. The molecule has 1 atom stereocenters. The Bertz CT molecular complexity index is 1350. The lowest BCUT2D eigenvalue weighted by molar-refractivity contribution is 0.414. The van der Waals surface area contributed by atoms with Crippen molar-refractivity contribution in [3.8, 4) is 16.3 Å². The first kappa shape index (κ1) is 21.1. The number of anilines is 1. The fraction of sp³-hybridized carbons (Fsp3) is 0.148. The molecule has 2 aromatic heterocycles. The number of nitrogens with one attached hydrogen (secondary N) is 1. The Kier molecular flexibility index (Phi) is 6.26. The first-order chi connectivity index (χ1) is 16.3. The number of methoxy groups -OCH3 is 1. The van der Waals surface area contributed by atoms with Gasteiger partial charge in [0, 0.05) is 29.4 Å². The van der Waals surface area contributed by atoms with Crippen molar-refractivity contribution in [3.63, 3.8) is 0 Å². The summed E-state index contributed by atoms with van der Waals surface area (Å²) >= 11 is 1.58. The van der Waals surface area contributed by atoms with Crippen LogP contribution in [0.5, 0.6) is 5.75 Å². The number of aromatic nitrogens is 3. The highest BCUT2D eigenvalue weighted by atomic mass is 32.1. The normalized spacial score (nSPS) is 11.9. The van der Waals surface area contributed by atoms with Crippen LogP contribution < -0.4 is 10.1 Å². The van der Waals surface area contributed by atoms with Crippen LogP contribution in [0.2, 0.25) is 0 Å². The maximum atomic E-state index is 5.41. The van der Waals surface area contributed by atoms with Gasteiger partial charge < -0.3 is 10.1 Å². The minimum absolute atomic E-state index is 0.169. The first-order valence-corrected chi connectivity index (χ1v) is 11.7. The van der Waals surface area contributed by atoms with Gasteiger partial charge in [0.2, 0.25) is 5.13 Å². The van der Waals surface area contributed by atoms with Gasteiger partial charge in [0.05, 0.1) is 7.11 Å². The van der Waals surface area contributed by atoms with Crippen molar-refractivity contribution in [2.45, 2.75) is 18.9 Å². The number of fused-ring (bicyclic) bond motifs is 1. The highest BCUT2D eigenvalue weighted by Gasteiger charge is 2.15. The molecular weight excluding hydrogens is 428 g/mol. The van der Waals surface area contributed by atoms with E-state index in [1.807, 2.05) is 36.7 Å². The summed E-state index contributed by atoms with van der Waals surface area (Å²) in [5.74, 6) is 0.871. The summed E-state index contributed by atoms with van der Waals surface area (Å²) in [5.41, 5.74) is 3.56. The van der Waals surface area contributed by atoms with Crippen LogP contribution in [0.4, 0.5) is 5.13 Å². The van der Waals surface area contributed by atoms with Crippen molar-refractivity contribution in [3.05, 3.63) is 102 Å². The van der Waals surface area contributed by atoms with Gasteiger partial charge in [0.25, 0.3) is 0 Å². The van der Waals surface area contributed by atoms with Crippen molar-refractivity contribution in [2.75, 3.05) is 12.4 Å². The molecule has 6 heteroatoms. The van der Waals surface area contributed by atoms with Gasteiger partial charge in [-0.15, -0.1) is 10.2 Å². The lowest BCUT2D eigenvalue weighted by Crippen LogP contribution is -2.25. The molecule has 5 nitrogen and oxygen atoms in total. The number of ether oxygens (including phenoxy) is 1. The van der Waals surface area contributed by atoms with Crippen LogP contribution in [0.25, 0.3) is 21.3 Å². The van der Waals surface area contributed by atoms with Gasteiger partial charge in [0.15, 0.2) is 0 Å². The minimum atomic E-state index is 0.169. The second kappa shape index (κ2) is 9.79. The van der Waals surface area contributed by atoms with Crippen LogP contribution in [-0.4, -0.2) is 28.3 Å². The predicted octanol–water partition coefficient (Wildman–Crippen LogP) is 6.03. The van der Waals surface area contributed by atoms with Gasteiger partial charge in [-0.2, -0.15) is 0 Å². The van der Waals surface area contributed by atoms with E-state index < -0.39 is 0 Å². The number of benzene rings is 3. The van der Waals surface area contributed by atoms with Crippen LogP contribution >= 0.6 is 11.3 Å². The quantitative estimate of drug-likeness (QED) is 0.312. The van der Waals surface area contributed by atoms with Crippen molar-refractivity contribution >= 4 is 27.2 Å². The Labute approximate surface area is 197 Å². The molecule has 2 heterocycles. The van der Waals surface area contributed by atoms with Crippen LogP contribution in [-0.2, 0) is 12.8 Å². The van der Waals surface area contributed by atoms with E-state index in [-0.39, 0.29) is 6.04 Å². The lowest BCUT2D eigenvalue weighted by atomic mass is 9.99. The summed E-state index contributed by atoms with van der Waals surface area (Å²) in [6.45, 7) is 0. The molecule has 0 aliphatic heterocycles. The van der Waals surface area contributed by atoms with Crippen molar-refractivity contribution in [1.82, 2.24) is 15.2 Å². The Morgan fingerprint density at radius 3 is 2.58 bits per heavy atom. The zero-order valence-corrected chi connectivity index (χ0v) is 19.1. The number of hydrogen-bond acceptors (Lipinski definition) is 6. The third-order valence-electron chi connectivity index (χ3n) is 5.58. The summed E-state index contributed by atoms with van der Waals surface area (Å²) < 4.78 is 5.41. The second-order valence-electron chi connectivity index (χ2n) is 7.94. The fourth-order valence-electron chi connectivity index (χ4n) is 3.95. The smallest absolute Gasteiger partial charge is 0.206 e. The van der Waals surface area contributed by atoms with E-state index in [0.29, 0.717) is 0 Å². The maximum Gasteiger partial charge on any atom is 0.206 e. The number of hydrogen-bond donors (Lipinski definition) is 1. The van der Waals surface area contributed by atoms with Gasteiger partial charge in [-0.3, -0.25) is 4.98 Å². The van der Waals surface area contributed by atoms with E-state index in [9.17, 15) is 0 Å². The fourth-order valence-corrected chi connectivity index (χ4v) is 4.76. The summed E-state index contributed by atoms with van der Waals surface area (Å²) in [7, 11) is 1.70. The molecule has 164 valence electrons. The zero-order valence-electron chi connectivity index (χ0n) is 18.3. The molecule has 0 aliphatic carbocycles. The molecule has 0 saturated heterocycles. The molecule has 33 heavy (non-hydrogen) atoms. The van der Waals surface area contributed by atoms with Crippen molar-refractivity contribution < 1.29 is 4.74 Å². The average Bonchev–Trinajstić information content (AvgIpc) is 3.33. The van der Waals surface area contributed by atoms with E-state index in [1.165, 1.54) is 11.1 Å². The molecule has 5 rings (SSSR count). The summed E-state index contributed by atoms with van der Waals surface area (Å²) in [6.07, 6.45) is 5.42.